The molecular weight excluding hydrogens is 520 g/mol. The van der Waals surface area contributed by atoms with Crippen LogP contribution < -0.4 is 0 Å². The molecule has 10 heteroatoms. The maximum atomic E-state index is 12.4. The van der Waals surface area contributed by atoms with Gasteiger partial charge in [0, 0.05) is 18.6 Å². The van der Waals surface area contributed by atoms with Crippen molar-refractivity contribution in [3.05, 3.63) is 11.6 Å². The van der Waals surface area contributed by atoms with E-state index in [0.717, 1.165) is 37.7 Å². The number of ether oxygens (including phenoxy) is 4. The Bertz CT molecular complexity index is 1020. The van der Waals surface area contributed by atoms with Crippen molar-refractivity contribution in [2.24, 2.45) is 34.5 Å². The second-order valence-corrected chi connectivity index (χ2v) is 13.9. The summed E-state index contributed by atoms with van der Waals surface area (Å²) in [5.74, 6) is -0.0891. The van der Waals surface area contributed by atoms with E-state index in [4.69, 9.17) is 18.9 Å². The van der Waals surface area contributed by atoms with Gasteiger partial charge in [0.25, 0.3) is 0 Å². The number of rotatable bonds is 5. The van der Waals surface area contributed by atoms with E-state index in [1.165, 1.54) is 7.11 Å². The van der Waals surface area contributed by atoms with Gasteiger partial charge in [0.1, 0.15) is 31.0 Å². The summed E-state index contributed by atoms with van der Waals surface area (Å²) in [5.41, 5.74) is -0.652. The highest BCUT2D eigenvalue weighted by Gasteiger charge is 2.70. The van der Waals surface area contributed by atoms with Gasteiger partial charge in [-0.3, -0.25) is 0 Å². The first-order valence-electron chi connectivity index (χ1n) is 15.0. The smallest absolute Gasteiger partial charge is 0.331 e. The number of aliphatic hydroxyl groups is 5. The second kappa shape index (κ2) is 10.3. The molecule has 4 saturated carbocycles. The Hall–Kier alpha value is -1.11. The van der Waals surface area contributed by atoms with Crippen LogP contribution in [0.1, 0.15) is 65.2 Å². The molecule has 0 radical (unpaired) electrons. The largest absolute Gasteiger partial charge is 0.458 e. The van der Waals surface area contributed by atoms with Crippen molar-refractivity contribution in [1.82, 2.24) is 0 Å². The van der Waals surface area contributed by atoms with Crippen LogP contribution in [0.15, 0.2) is 11.6 Å². The van der Waals surface area contributed by atoms with E-state index in [-0.39, 0.29) is 47.8 Å². The summed E-state index contributed by atoms with van der Waals surface area (Å²) in [5, 5.41) is 54.9. The number of hydrogen-bond acceptors (Lipinski definition) is 10. The summed E-state index contributed by atoms with van der Waals surface area (Å²) in [6.45, 7) is 4.24. The third-order valence-electron chi connectivity index (χ3n) is 12.3. The molecular formula is C30H46O10. The van der Waals surface area contributed by atoms with Gasteiger partial charge >= 0.3 is 5.97 Å². The normalized spacial score (nSPS) is 54.2. The van der Waals surface area contributed by atoms with Crippen molar-refractivity contribution >= 4 is 5.97 Å². The van der Waals surface area contributed by atoms with E-state index in [2.05, 4.69) is 13.8 Å². The van der Waals surface area contributed by atoms with Crippen LogP contribution in [0.5, 0.6) is 0 Å². The minimum absolute atomic E-state index is 0.0216. The van der Waals surface area contributed by atoms with E-state index >= 15 is 0 Å². The predicted octanol–water partition coefficient (Wildman–Crippen LogP) is 1.05. The fourth-order valence-corrected chi connectivity index (χ4v) is 10.2. The highest BCUT2D eigenvalue weighted by atomic mass is 16.7. The molecule has 0 aromatic carbocycles. The molecule has 2 aliphatic heterocycles. The first-order chi connectivity index (χ1) is 19.0. The lowest BCUT2D eigenvalue weighted by molar-refractivity contribution is -0.320. The summed E-state index contributed by atoms with van der Waals surface area (Å²) in [7, 11) is 1.40. The van der Waals surface area contributed by atoms with Crippen molar-refractivity contribution < 1.29 is 49.3 Å². The third kappa shape index (κ3) is 4.16. The molecule has 5 fully saturated rings. The molecule has 0 spiro atoms. The van der Waals surface area contributed by atoms with E-state index < -0.39 is 54.4 Å². The van der Waals surface area contributed by atoms with E-state index in [1.807, 2.05) is 0 Å². The number of cyclic esters (lactones) is 1. The molecule has 4 aliphatic carbocycles. The molecule has 40 heavy (non-hydrogen) atoms. The summed E-state index contributed by atoms with van der Waals surface area (Å²) < 4.78 is 22.5. The van der Waals surface area contributed by atoms with Gasteiger partial charge in [-0.25, -0.2) is 4.79 Å². The van der Waals surface area contributed by atoms with Gasteiger partial charge < -0.3 is 44.5 Å². The molecule has 1 saturated heterocycles. The summed E-state index contributed by atoms with van der Waals surface area (Å²) >= 11 is 0. The second-order valence-electron chi connectivity index (χ2n) is 13.9. The van der Waals surface area contributed by atoms with Gasteiger partial charge in [-0.05, 0) is 86.0 Å². The van der Waals surface area contributed by atoms with Crippen LogP contribution in [0, 0.1) is 34.5 Å². The molecule has 14 atom stereocenters. The van der Waals surface area contributed by atoms with E-state index in [9.17, 15) is 30.3 Å². The number of esters is 1. The molecule has 5 N–H and O–H groups in total. The predicted molar refractivity (Wildman–Crippen MR) is 141 cm³/mol. The molecule has 6 aliphatic rings. The van der Waals surface area contributed by atoms with Crippen molar-refractivity contribution in [2.75, 3.05) is 20.3 Å². The lowest BCUT2D eigenvalue weighted by Gasteiger charge is -2.65. The van der Waals surface area contributed by atoms with Crippen molar-refractivity contribution in [3.8, 4) is 0 Å². The van der Waals surface area contributed by atoms with Crippen LogP contribution >= 0.6 is 0 Å². The number of aliphatic hydroxyl groups excluding tert-OH is 4. The Morgan fingerprint density at radius 2 is 1.85 bits per heavy atom. The number of methoxy groups -OCH3 is 1. The minimum atomic E-state index is -1.19. The molecule has 0 unspecified atom stereocenters. The van der Waals surface area contributed by atoms with Gasteiger partial charge in [0.05, 0.1) is 24.4 Å². The first-order valence-corrected chi connectivity index (χ1v) is 15.0. The maximum Gasteiger partial charge on any atom is 0.331 e. The van der Waals surface area contributed by atoms with Gasteiger partial charge in [0.15, 0.2) is 6.29 Å². The summed E-state index contributed by atoms with van der Waals surface area (Å²) in [4.78, 5) is 11.8. The Morgan fingerprint density at radius 3 is 2.52 bits per heavy atom. The first kappa shape index (κ1) is 29.0. The number of hydrogen-bond donors (Lipinski definition) is 5. The zero-order chi connectivity index (χ0) is 28.6. The zero-order valence-corrected chi connectivity index (χ0v) is 23.8. The van der Waals surface area contributed by atoms with Gasteiger partial charge in [-0.15, -0.1) is 0 Å². The lowest BCUT2D eigenvalue weighted by atomic mass is 9.42. The maximum absolute atomic E-state index is 12.4. The molecule has 0 aromatic rings. The average molecular weight is 567 g/mol. The third-order valence-corrected chi connectivity index (χ3v) is 12.3. The highest BCUT2D eigenvalue weighted by molar-refractivity contribution is 5.85. The molecule has 10 nitrogen and oxygen atoms in total. The topological polar surface area (TPSA) is 155 Å². The van der Waals surface area contributed by atoms with Crippen LogP contribution in [-0.2, 0) is 23.7 Å². The molecule has 0 amide bonds. The Kier molecular flexibility index (Phi) is 7.43. The molecule has 6 rings (SSSR count). The van der Waals surface area contributed by atoms with Crippen LogP contribution in [-0.4, -0.2) is 100 Å². The molecule has 2 heterocycles. The van der Waals surface area contributed by atoms with Gasteiger partial charge in [-0.1, -0.05) is 13.8 Å². The molecule has 0 aromatic heterocycles. The minimum Gasteiger partial charge on any atom is -0.458 e. The fraction of sp³-hybridized carbons (Fsp3) is 0.900. The summed E-state index contributed by atoms with van der Waals surface area (Å²) in [6, 6.07) is 0. The monoisotopic (exact) mass is 566 g/mol. The van der Waals surface area contributed by atoms with E-state index in [0.29, 0.717) is 19.3 Å². The SMILES string of the molecule is CO[C@@H]1[C@@H](O)[C@H](O[C@H]2CC[C@@]3(C)[C@H](CC[C@@H]4[C@@H]3[C@H](O)C[C@]3(C)[C@@H](C5=CC(=O)OC5)CC[C@]43O)C2)O[C@H](CO)[C@H]1O. The Morgan fingerprint density at radius 1 is 1.07 bits per heavy atom. The quantitative estimate of drug-likeness (QED) is 0.241. The molecule has 226 valence electrons. The zero-order valence-electron chi connectivity index (χ0n) is 23.8. The number of fused-ring (bicyclic) bond motifs is 5. The number of carbonyl (C=O) groups is 1. The Labute approximate surface area is 235 Å². The molecule has 0 bridgehead atoms. The van der Waals surface area contributed by atoms with Crippen molar-refractivity contribution in [2.45, 2.75) is 114 Å². The highest BCUT2D eigenvalue weighted by Crippen LogP contribution is 2.70. The van der Waals surface area contributed by atoms with Crippen LogP contribution in [0.2, 0.25) is 0 Å². The lowest BCUT2D eigenvalue weighted by Crippen LogP contribution is -2.66. The average Bonchev–Trinajstić information content (AvgIpc) is 3.45. The summed E-state index contributed by atoms with van der Waals surface area (Å²) in [6.07, 6.45) is 1.58. The van der Waals surface area contributed by atoms with Gasteiger partial charge in [-0.2, -0.15) is 0 Å². The van der Waals surface area contributed by atoms with Crippen molar-refractivity contribution in [1.29, 1.82) is 0 Å². The van der Waals surface area contributed by atoms with Crippen LogP contribution in [0.25, 0.3) is 0 Å². The van der Waals surface area contributed by atoms with E-state index in [1.54, 1.807) is 6.08 Å². The number of carbonyl (C=O) groups excluding carboxylic acids is 1. The standard InChI is InChI=1S/C30H46O10/c1-28-8-6-17(39-27-25(35)26(37-3)24(34)21(13-31)40-27)11-16(28)4-5-19-23(28)20(32)12-29(2)18(7-9-30(19,29)36)15-10-22(33)38-14-15/h10,16-21,23-27,31-32,34-36H,4-9,11-14H2,1-3H3/t16-,17+,18-,19-,20-,21-,23-,24-,25-,26+,27-,28+,29-,30+/m1/s1. The van der Waals surface area contributed by atoms with Crippen LogP contribution in [0.4, 0.5) is 0 Å². The van der Waals surface area contributed by atoms with Crippen molar-refractivity contribution in [3.63, 3.8) is 0 Å². The Balaban J connectivity index is 1.18. The fourth-order valence-electron chi connectivity index (χ4n) is 10.2. The van der Waals surface area contributed by atoms with Gasteiger partial charge in [0.2, 0.25) is 0 Å². The van der Waals surface area contributed by atoms with Crippen LogP contribution in [0.3, 0.4) is 0 Å².